The zero-order valence-corrected chi connectivity index (χ0v) is 25.2. The fourth-order valence-electron chi connectivity index (χ4n) is 5.02. The van der Waals surface area contributed by atoms with Gasteiger partial charge in [0.2, 0.25) is 0 Å². The number of carbonyl (C=O) groups excluding carboxylic acids is 3. The molecular formula is C31H34O16. The Balaban J connectivity index is 1.46. The highest BCUT2D eigenvalue weighted by Gasteiger charge is 2.48. The predicted octanol–water partition coefficient (Wildman–Crippen LogP) is -0.517. The molecule has 1 aliphatic rings. The van der Waals surface area contributed by atoms with Gasteiger partial charge in [0.25, 0.3) is 0 Å². The summed E-state index contributed by atoms with van der Waals surface area (Å²) >= 11 is 0. The number of hydrogen-bond donors (Lipinski definition) is 7. The summed E-state index contributed by atoms with van der Waals surface area (Å²) in [4.78, 5) is 48.9. The third-order valence-corrected chi connectivity index (χ3v) is 7.37. The average Bonchev–Trinajstić information content (AvgIpc) is 3.01. The summed E-state index contributed by atoms with van der Waals surface area (Å²) in [5, 5.41) is 72.5. The van der Waals surface area contributed by atoms with Crippen LogP contribution in [0.15, 0.2) is 51.7 Å². The maximum absolute atomic E-state index is 13.1. The minimum absolute atomic E-state index is 0.0353. The Labute approximate surface area is 265 Å². The van der Waals surface area contributed by atoms with Crippen molar-refractivity contribution < 1.29 is 73.5 Å². The molecule has 2 heterocycles. The molecular weight excluding hydrogens is 628 g/mol. The molecule has 47 heavy (non-hydrogen) atoms. The molecule has 4 rings (SSSR count). The second kappa shape index (κ2) is 14.6. The Morgan fingerprint density at radius 1 is 0.894 bits per heavy atom. The third-order valence-electron chi connectivity index (χ3n) is 7.37. The molecule has 1 aromatic heterocycles. The molecule has 1 saturated heterocycles. The second-order valence-electron chi connectivity index (χ2n) is 10.9. The molecule has 0 amide bonds. The van der Waals surface area contributed by atoms with Crippen LogP contribution in [0.2, 0.25) is 0 Å². The van der Waals surface area contributed by atoms with Gasteiger partial charge >= 0.3 is 11.9 Å². The zero-order valence-electron chi connectivity index (χ0n) is 25.2. The number of benzene rings is 2. The first-order valence-electron chi connectivity index (χ1n) is 14.2. The number of hydrogen-bond acceptors (Lipinski definition) is 16. The quantitative estimate of drug-likeness (QED) is 0.101. The molecule has 1 unspecified atom stereocenters. The van der Waals surface area contributed by atoms with Crippen molar-refractivity contribution in [3.8, 4) is 22.8 Å². The molecule has 0 spiro atoms. The number of aliphatic hydroxyl groups is 5. The number of aliphatic hydroxyl groups excluding tert-OH is 5. The van der Waals surface area contributed by atoms with E-state index in [2.05, 4.69) is 0 Å². The number of ether oxygens (including phenoxy) is 4. The lowest BCUT2D eigenvalue weighted by molar-refractivity contribution is -0.303. The van der Waals surface area contributed by atoms with Gasteiger partial charge in [-0.1, -0.05) is 0 Å². The Morgan fingerprint density at radius 3 is 2.13 bits per heavy atom. The smallest absolute Gasteiger partial charge is 0.303 e. The Bertz CT molecular complexity index is 1670. The van der Waals surface area contributed by atoms with Crippen LogP contribution < -0.4 is 5.43 Å². The molecule has 7 N–H and O–H groups in total. The number of carbonyl (C=O) groups is 3. The van der Waals surface area contributed by atoms with E-state index in [9.17, 15) is 54.9 Å². The van der Waals surface area contributed by atoms with Crippen LogP contribution >= 0.6 is 0 Å². The molecule has 9 atom stereocenters. The summed E-state index contributed by atoms with van der Waals surface area (Å²) in [6, 6.07) is 8.62. The molecule has 16 heteroatoms. The van der Waals surface area contributed by atoms with E-state index in [-0.39, 0.29) is 22.5 Å². The molecule has 2 aromatic carbocycles. The number of aromatic hydroxyl groups is 2. The molecule has 1 fully saturated rings. The molecule has 254 valence electrons. The number of Topliss-reactive ketones (excluding diaryl/α,β-unsaturated/α-hetero) is 1. The van der Waals surface area contributed by atoms with E-state index in [0.29, 0.717) is 5.56 Å². The normalized spacial score (nSPS) is 23.8. The van der Waals surface area contributed by atoms with E-state index >= 15 is 0 Å². The van der Waals surface area contributed by atoms with Gasteiger partial charge in [0, 0.05) is 31.0 Å². The van der Waals surface area contributed by atoms with Crippen molar-refractivity contribution >= 4 is 28.7 Å². The van der Waals surface area contributed by atoms with Crippen molar-refractivity contribution in [2.75, 3.05) is 6.61 Å². The van der Waals surface area contributed by atoms with Crippen LogP contribution in [0.25, 0.3) is 22.3 Å². The molecule has 16 nitrogen and oxygen atoms in total. The first kappa shape index (κ1) is 35.4. The molecule has 0 bridgehead atoms. The molecule has 3 aromatic rings. The van der Waals surface area contributed by atoms with Crippen molar-refractivity contribution in [3.05, 3.63) is 58.3 Å². The highest BCUT2D eigenvalue weighted by Crippen LogP contribution is 2.30. The van der Waals surface area contributed by atoms with Crippen molar-refractivity contribution in [1.82, 2.24) is 0 Å². The van der Waals surface area contributed by atoms with Gasteiger partial charge in [-0.15, -0.1) is 0 Å². The lowest BCUT2D eigenvalue weighted by Crippen LogP contribution is -2.60. The summed E-state index contributed by atoms with van der Waals surface area (Å²) < 4.78 is 26.7. The van der Waals surface area contributed by atoms with E-state index in [1.165, 1.54) is 31.2 Å². The fraction of sp³-hybridized carbons (Fsp3) is 0.419. The topological polar surface area (TPSA) is 260 Å². The minimum Gasteiger partial charge on any atom is -0.508 e. The summed E-state index contributed by atoms with van der Waals surface area (Å²) in [7, 11) is 0. The first-order valence-corrected chi connectivity index (χ1v) is 14.2. The van der Waals surface area contributed by atoms with Gasteiger partial charge in [0.05, 0.1) is 12.7 Å². The van der Waals surface area contributed by atoms with Crippen molar-refractivity contribution in [3.63, 3.8) is 0 Å². The summed E-state index contributed by atoms with van der Waals surface area (Å²) in [6.45, 7) is 2.77. The van der Waals surface area contributed by atoms with E-state index in [4.69, 9.17) is 23.4 Å². The fourth-order valence-corrected chi connectivity index (χ4v) is 5.02. The van der Waals surface area contributed by atoms with Gasteiger partial charge in [-0.2, -0.15) is 0 Å². The summed E-state index contributed by atoms with van der Waals surface area (Å²) in [6.07, 6.45) is -15.8. The lowest BCUT2D eigenvalue weighted by atomic mass is 9.95. The van der Waals surface area contributed by atoms with Gasteiger partial charge in [-0.25, -0.2) is 0 Å². The van der Waals surface area contributed by atoms with Crippen LogP contribution in [0.1, 0.15) is 31.1 Å². The van der Waals surface area contributed by atoms with Crippen LogP contribution in [-0.2, 0) is 28.5 Å². The number of ketones is 1. The first-order chi connectivity index (χ1) is 22.1. The lowest BCUT2D eigenvalue weighted by Gasteiger charge is -2.42. The van der Waals surface area contributed by atoms with Crippen molar-refractivity contribution in [2.45, 2.75) is 75.9 Å². The highest BCUT2D eigenvalue weighted by atomic mass is 16.7. The number of esters is 2. The maximum atomic E-state index is 13.1. The monoisotopic (exact) mass is 662 g/mol. The summed E-state index contributed by atoms with van der Waals surface area (Å²) in [5.41, 5.74) is -0.938. The van der Waals surface area contributed by atoms with Gasteiger partial charge in [0.1, 0.15) is 58.7 Å². The van der Waals surface area contributed by atoms with Crippen LogP contribution in [-0.4, -0.2) is 115 Å². The number of phenolic OH excluding ortho intramolecular Hbond substituents is 2. The van der Waals surface area contributed by atoms with Gasteiger partial charge < -0.3 is 59.1 Å². The van der Waals surface area contributed by atoms with Crippen LogP contribution in [0, 0.1) is 0 Å². The van der Waals surface area contributed by atoms with Crippen LogP contribution in [0.3, 0.4) is 0 Å². The van der Waals surface area contributed by atoms with Gasteiger partial charge in [-0.05, 0) is 43.3 Å². The standard InChI is InChI=1S/C31H34O16/c1-12-29(45-13(2)32)30(46-14(3)33)28(42)31(44-12)43-11-20(37)25(39)27(41)26(40)24(38)16-8-18(35)23-19(36)10-21(47-22(23)9-16)15-4-6-17(34)7-5-15/h4-10,12,20,25-31,34-35,37,39-42H,11H2,1-3H3/t12-,20+,25+,26-,27+,28+,29-,30-,31?/m0/s1. The van der Waals surface area contributed by atoms with Gasteiger partial charge in [0.15, 0.2) is 29.7 Å². The zero-order chi connectivity index (χ0) is 34.7. The van der Waals surface area contributed by atoms with Gasteiger partial charge in [-0.3, -0.25) is 19.2 Å². The third kappa shape index (κ3) is 7.94. The maximum Gasteiger partial charge on any atom is 0.303 e. The van der Waals surface area contributed by atoms with Crippen molar-refractivity contribution in [2.24, 2.45) is 0 Å². The SMILES string of the molecule is CC(=O)O[C@@H]1[C@@H](OC(C)=O)[C@@H](O)C(OC[C@@H](O)[C@@H](O)[C@@H](O)[C@@H](O)C(=O)c2cc(O)c3c(=O)cc(-c4ccc(O)cc4)oc3c2)O[C@H]1C. The van der Waals surface area contributed by atoms with Crippen molar-refractivity contribution in [1.29, 1.82) is 0 Å². The Morgan fingerprint density at radius 2 is 1.51 bits per heavy atom. The average molecular weight is 663 g/mol. The molecule has 1 aliphatic heterocycles. The van der Waals surface area contributed by atoms with Crippen LogP contribution in [0.5, 0.6) is 11.5 Å². The van der Waals surface area contributed by atoms with E-state index in [0.717, 1.165) is 32.0 Å². The Kier molecular flexibility index (Phi) is 11.0. The molecule has 0 saturated carbocycles. The summed E-state index contributed by atoms with van der Waals surface area (Å²) in [5.74, 6) is -3.44. The van der Waals surface area contributed by atoms with Crippen LogP contribution in [0.4, 0.5) is 0 Å². The minimum atomic E-state index is -2.36. The highest BCUT2D eigenvalue weighted by molar-refractivity contribution is 6.03. The molecule has 0 radical (unpaired) electrons. The predicted molar refractivity (Wildman–Crippen MR) is 157 cm³/mol. The Hall–Kier alpha value is -4.42. The van der Waals surface area contributed by atoms with E-state index < -0.39 is 96.2 Å². The number of rotatable bonds is 11. The van der Waals surface area contributed by atoms with E-state index in [1.54, 1.807) is 0 Å². The molecule has 0 aliphatic carbocycles. The van der Waals surface area contributed by atoms with E-state index in [1.807, 2.05) is 0 Å². The largest absolute Gasteiger partial charge is 0.508 e. The number of fused-ring (bicyclic) bond motifs is 1. The second-order valence-corrected chi connectivity index (χ2v) is 10.9. The number of phenols is 2.